The molecular weight excluding hydrogens is 463 g/mol. The third kappa shape index (κ3) is 8.73. The molecule has 0 radical (unpaired) electrons. The van der Waals surface area contributed by atoms with E-state index < -0.39 is 44.4 Å². The van der Waals surface area contributed by atoms with Crippen molar-refractivity contribution in [3.63, 3.8) is 0 Å². The van der Waals surface area contributed by atoms with Crippen LogP contribution in [0.5, 0.6) is 0 Å². The van der Waals surface area contributed by atoms with E-state index in [-0.39, 0.29) is 19.8 Å². The Morgan fingerprint density at radius 3 is 1.88 bits per heavy atom. The lowest BCUT2D eigenvalue weighted by Gasteiger charge is -2.44. The molecule has 4 N–H and O–H groups in total. The molecular formula is C23H45N2O8P. The Labute approximate surface area is 203 Å². The summed E-state index contributed by atoms with van der Waals surface area (Å²) in [7, 11) is -3.92. The first kappa shape index (κ1) is 29.5. The Morgan fingerprint density at radius 1 is 0.853 bits per heavy atom. The zero-order valence-electron chi connectivity index (χ0n) is 20.8. The van der Waals surface area contributed by atoms with E-state index in [1.165, 1.54) is 12.8 Å². The van der Waals surface area contributed by atoms with Gasteiger partial charge < -0.3 is 20.1 Å². The summed E-state index contributed by atoms with van der Waals surface area (Å²) in [6.07, 6.45) is 5.84. The molecule has 0 aliphatic carbocycles. The van der Waals surface area contributed by atoms with Crippen LogP contribution in [-0.2, 0) is 18.3 Å². The number of ether oxygens (including phenoxy) is 1. The van der Waals surface area contributed by atoms with Gasteiger partial charge in [-0.3, -0.25) is 13.9 Å². The van der Waals surface area contributed by atoms with Crippen molar-refractivity contribution in [1.29, 1.82) is 0 Å². The number of piperidine rings is 1. The third-order valence-electron chi connectivity index (χ3n) is 6.47. The van der Waals surface area contributed by atoms with Crippen molar-refractivity contribution in [2.75, 3.05) is 19.8 Å². The number of nitrogens with zero attached hydrogens (tertiary/aromatic N) is 1. The maximum Gasteiger partial charge on any atom is 0.411 e. The van der Waals surface area contributed by atoms with Crippen LogP contribution in [0.15, 0.2) is 0 Å². The lowest BCUT2D eigenvalue weighted by molar-refractivity contribution is -0.145. The molecule has 0 aromatic rings. The molecule has 2 aliphatic heterocycles. The highest BCUT2D eigenvalue weighted by Crippen LogP contribution is 2.46. The maximum atomic E-state index is 13.6. The van der Waals surface area contributed by atoms with E-state index in [1.54, 1.807) is 0 Å². The molecule has 2 unspecified atom stereocenters. The number of aliphatic hydroxyl groups excluding tert-OH is 3. The van der Waals surface area contributed by atoms with Crippen LogP contribution in [0.4, 0.5) is 4.79 Å². The SMILES string of the molecule is CCCCCCCCOP(=O)(N[C@@H]1C(O)[C@@H](O)[C@H](O)C2COC(=O)N21)OCCCCCCCC. The summed E-state index contributed by atoms with van der Waals surface area (Å²) in [5, 5.41) is 33.7. The predicted molar refractivity (Wildman–Crippen MR) is 128 cm³/mol. The van der Waals surface area contributed by atoms with Gasteiger partial charge in [-0.1, -0.05) is 78.1 Å². The number of amides is 1. The highest BCUT2D eigenvalue weighted by atomic mass is 31.2. The number of rotatable bonds is 18. The van der Waals surface area contributed by atoms with Crippen molar-refractivity contribution in [2.45, 2.75) is 121 Å². The van der Waals surface area contributed by atoms with Crippen LogP contribution >= 0.6 is 7.75 Å². The summed E-state index contributed by atoms with van der Waals surface area (Å²) < 4.78 is 29.9. The first-order chi connectivity index (χ1) is 16.3. The first-order valence-electron chi connectivity index (χ1n) is 13.0. The molecule has 10 nitrogen and oxygen atoms in total. The number of nitrogens with one attached hydrogen (secondary N) is 1. The summed E-state index contributed by atoms with van der Waals surface area (Å²) >= 11 is 0. The van der Waals surface area contributed by atoms with Crippen molar-refractivity contribution in [3.05, 3.63) is 0 Å². The van der Waals surface area contributed by atoms with Gasteiger partial charge in [0.15, 0.2) is 0 Å². The Hall–Kier alpha value is -0.740. The van der Waals surface area contributed by atoms with Crippen molar-refractivity contribution in [1.82, 2.24) is 9.99 Å². The second-order valence-electron chi connectivity index (χ2n) is 9.30. The summed E-state index contributed by atoms with van der Waals surface area (Å²) in [6.45, 7) is 4.58. The number of unbranched alkanes of at least 4 members (excludes halogenated alkanes) is 10. The molecule has 2 saturated heterocycles. The van der Waals surface area contributed by atoms with Crippen molar-refractivity contribution >= 4 is 13.8 Å². The van der Waals surface area contributed by atoms with Crippen LogP contribution in [0.3, 0.4) is 0 Å². The summed E-state index contributed by atoms with van der Waals surface area (Å²) in [6, 6.07) is -0.867. The van der Waals surface area contributed by atoms with Gasteiger partial charge in [0, 0.05) is 0 Å². The zero-order valence-corrected chi connectivity index (χ0v) is 21.7. The molecule has 0 aromatic heterocycles. The highest BCUT2D eigenvalue weighted by Gasteiger charge is 2.55. The van der Waals surface area contributed by atoms with E-state index in [1.807, 2.05) is 0 Å². The van der Waals surface area contributed by atoms with Crippen molar-refractivity contribution < 1.29 is 38.5 Å². The summed E-state index contributed by atoms with van der Waals surface area (Å²) in [5.41, 5.74) is 0. The smallest absolute Gasteiger partial charge is 0.411 e. The number of hydrogen-bond acceptors (Lipinski definition) is 8. The molecule has 11 heteroatoms. The first-order valence-corrected chi connectivity index (χ1v) is 14.5. The Bertz CT molecular complexity index is 618. The number of carbonyl (C=O) groups excluding carboxylic acids is 1. The van der Waals surface area contributed by atoms with Crippen LogP contribution in [0.2, 0.25) is 0 Å². The molecule has 0 bridgehead atoms. The van der Waals surface area contributed by atoms with Crippen molar-refractivity contribution in [2.24, 2.45) is 0 Å². The molecule has 2 rings (SSSR count). The van der Waals surface area contributed by atoms with Gasteiger partial charge in [-0.25, -0.2) is 9.36 Å². The van der Waals surface area contributed by atoms with Gasteiger partial charge in [-0.15, -0.1) is 0 Å². The Morgan fingerprint density at radius 2 is 1.35 bits per heavy atom. The minimum Gasteiger partial charge on any atom is -0.447 e. The lowest BCUT2D eigenvalue weighted by atomic mass is 9.93. The van der Waals surface area contributed by atoms with Gasteiger partial charge in [0.1, 0.15) is 31.1 Å². The normalized spacial score (nSPS) is 27.1. The van der Waals surface area contributed by atoms with Gasteiger partial charge in [-0.2, -0.15) is 5.09 Å². The number of aliphatic hydroxyl groups is 3. The predicted octanol–water partition coefficient (Wildman–Crippen LogP) is 3.68. The monoisotopic (exact) mass is 508 g/mol. The fraction of sp³-hybridized carbons (Fsp3) is 0.957. The van der Waals surface area contributed by atoms with Crippen LogP contribution in [-0.4, -0.2) is 76.7 Å². The molecule has 34 heavy (non-hydrogen) atoms. The quantitative estimate of drug-likeness (QED) is 0.161. The van der Waals surface area contributed by atoms with E-state index >= 15 is 0 Å². The van der Waals surface area contributed by atoms with Gasteiger partial charge in [-0.05, 0) is 12.8 Å². The summed E-state index contributed by atoms with van der Waals surface area (Å²) in [5.74, 6) is 0. The van der Waals surface area contributed by atoms with E-state index in [9.17, 15) is 24.7 Å². The average molecular weight is 509 g/mol. The van der Waals surface area contributed by atoms with Crippen LogP contribution in [0.1, 0.15) is 90.9 Å². The fourth-order valence-electron chi connectivity index (χ4n) is 4.36. The second kappa shape index (κ2) is 15.4. The molecule has 1 amide bonds. The summed E-state index contributed by atoms with van der Waals surface area (Å²) in [4.78, 5) is 13.3. The van der Waals surface area contributed by atoms with E-state index in [0.29, 0.717) is 12.8 Å². The minimum atomic E-state index is -3.92. The number of cyclic esters (lactones) is 1. The minimum absolute atomic E-state index is 0.135. The largest absolute Gasteiger partial charge is 0.447 e. The van der Waals surface area contributed by atoms with E-state index in [4.69, 9.17) is 13.8 Å². The number of hydrogen-bond donors (Lipinski definition) is 4. The second-order valence-corrected chi connectivity index (χ2v) is 11.1. The van der Waals surface area contributed by atoms with E-state index in [2.05, 4.69) is 18.9 Å². The molecule has 0 saturated carbocycles. The zero-order chi connectivity index (χ0) is 25.0. The van der Waals surface area contributed by atoms with Gasteiger partial charge in [0.25, 0.3) is 0 Å². The number of fused-ring (bicyclic) bond motifs is 1. The average Bonchev–Trinajstić information content (AvgIpc) is 3.21. The molecule has 2 fully saturated rings. The standard InChI is InChI=1S/C23H45N2O8P/c1-3-5-7-9-11-13-15-32-34(30,33-16-14-12-10-8-6-4-2)24-22-21(28)20(27)19(26)18-17-31-23(29)25(18)22/h18-22,26-28H,3-17H2,1-2H3,(H,24,30)/t18?,19-,20+,21?,22+/m1/s1. The van der Waals surface area contributed by atoms with Crippen LogP contribution in [0.25, 0.3) is 0 Å². The third-order valence-corrected chi connectivity index (χ3v) is 8.10. The molecule has 0 aromatic carbocycles. The molecule has 5 atom stereocenters. The lowest BCUT2D eigenvalue weighted by Crippen LogP contribution is -2.69. The Balaban J connectivity index is 1.97. The fourth-order valence-corrected chi connectivity index (χ4v) is 5.92. The maximum absolute atomic E-state index is 13.6. The van der Waals surface area contributed by atoms with Crippen LogP contribution < -0.4 is 5.09 Å². The molecule has 0 spiro atoms. The topological polar surface area (TPSA) is 138 Å². The number of carbonyl (C=O) groups is 1. The molecule has 2 aliphatic rings. The molecule has 200 valence electrons. The van der Waals surface area contributed by atoms with Crippen molar-refractivity contribution in [3.8, 4) is 0 Å². The van der Waals surface area contributed by atoms with Gasteiger partial charge >= 0.3 is 13.8 Å². The van der Waals surface area contributed by atoms with E-state index in [0.717, 1.165) is 56.3 Å². The van der Waals surface area contributed by atoms with Crippen LogP contribution in [0, 0.1) is 0 Å². The Kier molecular flexibility index (Phi) is 13.3. The highest BCUT2D eigenvalue weighted by molar-refractivity contribution is 7.51. The van der Waals surface area contributed by atoms with Gasteiger partial charge in [0.05, 0.1) is 19.3 Å². The molecule has 2 heterocycles. The van der Waals surface area contributed by atoms with Gasteiger partial charge in [0.2, 0.25) is 0 Å².